The van der Waals surface area contributed by atoms with E-state index in [-0.39, 0.29) is 24.2 Å². The van der Waals surface area contributed by atoms with Crippen LogP contribution in [0.25, 0.3) is 0 Å². The predicted octanol–water partition coefficient (Wildman–Crippen LogP) is 2.65. The van der Waals surface area contributed by atoms with E-state index in [9.17, 15) is 4.79 Å². The molecule has 0 aliphatic heterocycles. The van der Waals surface area contributed by atoms with Gasteiger partial charge < -0.3 is 5.11 Å². The SMILES string of the molecule is CC1C=CC=CC1(C)CC(=O)O.Cl. The second-order valence-electron chi connectivity index (χ2n) is 3.61. The monoisotopic (exact) mass is 202 g/mol. The maximum atomic E-state index is 10.6. The molecular formula is C10H15ClO2. The summed E-state index contributed by atoms with van der Waals surface area (Å²) in [4.78, 5) is 10.6. The summed E-state index contributed by atoms with van der Waals surface area (Å²) in [5, 5.41) is 8.69. The highest BCUT2D eigenvalue weighted by atomic mass is 35.5. The van der Waals surface area contributed by atoms with Crippen LogP contribution in [0.3, 0.4) is 0 Å². The maximum Gasteiger partial charge on any atom is 0.304 e. The summed E-state index contributed by atoms with van der Waals surface area (Å²) in [7, 11) is 0. The van der Waals surface area contributed by atoms with Gasteiger partial charge in [0.25, 0.3) is 0 Å². The van der Waals surface area contributed by atoms with Crippen molar-refractivity contribution in [3.63, 3.8) is 0 Å². The van der Waals surface area contributed by atoms with Crippen LogP contribution in [-0.4, -0.2) is 11.1 Å². The van der Waals surface area contributed by atoms with Crippen LogP contribution in [0.5, 0.6) is 0 Å². The van der Waals surface area contributed by atoms with E-state index in [1.807, 2.05) is 38.2 Å². The van der Waals surface area contributed by atoms with Crippen LogP contribution in [0, 0.1) is 11.3 Å². The third kappa shape index (κ3) is 2.88. The van der Waals surface area contributed by atoms with Gasteiger partial charge in [-0.1, -0.05) is 38.2 Å². The fourth-order valence-electron chi connectivity index (χ4n) is 1.42. The third-order valence-corrected chi connectivity index (χ3v) is 2.56. The quantitative estimate of drug-likeness (QED) is 0.748. The molecule has 0 saturated carbocycles. The number of carboxylic acid groups (broad SMARTS) is 1. The Bertz CT molecular complexity index is 245. The van der Waals surface area contributed by atoms with E-state index < -0.39 is 5.97 Å². The zero-order valence-corrected chi connectivity index (χ0v) is 8.67. The summed E-state index contributed by atoms with van der Waals surface area (Å²) in [6, 6.07) is 0. The summed E-state index contributed by atoms with van der Waals surface area (Å²) >= 11 is 0. The molecule has 2 nitrogen and oxygen atoms in total. The largest absolute Gasteiger partial charge is 0.481 e. The van der Waals surface area contributed by atoms with Gasteiger partial charge in [0.15, 0.2) is 0 Å². The van der Waals surface area contributed by atoms with Crippen LogP contribution in [-0.2, 0) is 4.79 Å². The van der Waals surface area contributed by atoms with E-state index in [4.69, 9.17) is 5.11 Å². The zero-order chi connectivity index (χ0) is 9.19. The number of hydrogen-bond acceptors (Lipinski definition) is 1. The smallest absolute Gasteiger partial charge is 0.304 e. The summed E-state index contributed by atoms with van der Waals surface area (Å²) in [5.41, 5.74) is -0.208. The number of rotatable bonds is 2. The van der Waals surface area contributed by atoms with Gasteiger partial charge in [-0.05, 0) is 5.92 Å². The molecule has 0 saturated heterocycles. The van der Waals surface area contributed by atoms with Crippen molar-refractivity contribution in [2.75, 3.05) is 0 Å². The summed E-state index contributed by atoms with van der Waals surface area (Å²) in [6.07, 6.45) is 8.11. The number of carbonyl (C=O) groups is 1. The van der Waals surface area contributed by atoms with Gasteiger partial charge in [-0.15, -0.1) is 12.4 Å². The fourth-order valence-corrected chi connectivity index (χ4v) is 1.42. The van der Waals surface area contributed by atoms with Crippen LogP contribution in [0.2, 0.25) is 0 Å². The first-order valence-electron chi connectivity index (χ1n) is 4.12. The first-order valence-corrected chi connectivity index (χ1v) is 4.12. The van der Waals surface area contributed by atoms with Gasteiger partial charge in [-0.2, -0.15) is 0 Å². The molecule has 74 valence electrons. The highest BCUT2D eigenvalue weighted by Crippen LogP contribution is 2.35. The standard InChI is InChI=1S/C10H14O2.ClH/c1-8-5-3-4-6-10(8,2)7-9(11)12;/h3-6,8H,7H2,1-2H3,(H,11,12);1H. The Hall–Kier alpha value is -0.760. The Kier molecular flexibility index (Phi) is 4.21. The van der Waals surface area contributed by atoms with Crippen LogP contribution in [0.4, 0.5) is 0 Å². The zero-order valence-electron chi connectivity index (χ0n) is 7.86. The molecule has 0 fully saturated rings. The van der Waals surface area contributed by atoms with E-state index in [1.165, 1.54) is 0 Å². The Morgan fingerprint density at radius 2 is 2.15 bits per heavy atom. The van der Waals surface area contributed by atoms with Crippen molar-refractivity contribution in [3.8, 4) is 0 Å². The third-order valence-electron chi connectivity index (χ3n) is 2.56. The molecule has 0 aromatic rings. The second-order valence-corrected chi connectivity index (χ2v) is 3.61. The molecule has 3 heteroatoms. The molecule has 0 aromatic carbocycles. The molecule has 2 unspecified atom stereocenters. The van der Waals surface area contributed by atoms with E-state index >= 15 is 0 Å². The second kappa shape index (κ2) is 4.47. The van der Waals surface area contributed by atoms with E-state index in [0.29, 0.717) is 5.92 Å². The van der Waals surface area contributed by atoms with Crippen molar-refractivity contribution in [2.45, 2.75) is 20.3 Å². The first-order chi connectivity index (χ1) is 5.54. The lowest BCUT2D eigenvalue weighted by molar-refractivity contribution is -0.139. The summed E-state index contributed by atoms with van der Waals surface area (Å²) in [5.74, 6) is -0.428. The molecular weight excluding hydrogens is 188 g/mol. The number of carboxylic acids is 1. The van der Waals surface area contributed by atoms with E-state index in [2.05, 4.69) is 0 Å². The predicted molar refractivity (Wildman–Crippen MR) is 55.1 cm³/mol. The minimum atomic E-state index is -0.732. The topological polar surface area (TPSA) is 37.3 Å². The molecule has 0 radical (unpaired) electrons. The lowest BCUT2D eigenvalue weighted by Gasteiger charge is -2.31. The van der Waals surface area contributed by atoms with Gasteiger partial charge in [0.05, 0.1) is 6.42 Å². The Balaban J connectivity index is 0.00000144. The molecule has 1 rings (SSSR count). The van der Waals surface area contributed by atoms with Crippen LogP contribution < -0.4 is 0 Å². The highest BCUT2D eigenvalue weighted by molar-refractivity contribution is 5.85. The average molecular weight is 203 g/mol. The lowest BCUT2D eigenvalue weighted by atomic mass is 9.73. The van der Waals surface area contributed by atoms with Crippen molar-refractivity contribution in [2.24, 2.45) is 11.3 Å². The normalized spacial score (nSPS) is 31.1. The number of allylic oxidation sites excluding steroid dienone is 4. The molecule has 1 aliphatic rings. The fraction of sp³-hybridized carbons (Fsp3) is 0.500. The molecule has 0 aromatic heterocycles. The van der Waals surface area contributed by atoms with Crippen molar-refractivity contribution < 1.29 is 9.90 Å². The molecule has 2 atom stereocenters. The molecule has 13 heavy (non-hydrogen) atoms. The van der Waals surface area contributed by atoms with Crippen molar-refractivity contribution in [3.05, 3.63) is 24.3 Å². The van der Waals surface area contributed by atoms with Gasteiger partial charge in [-0.3, -0.25) is 4.79 Å². The van der Waals surface area contributed by atoms with Gasteiger partial charge in [0.1, 0.15) is 0 Å². The van der Waals surface area contributed by atoms with Crippen molar-refractivity contribution in [1.29, 1.82) is 0 Å². The van der Waals surface area contributed by atoms with E-state index in [0.717, 1.165) is 0 Å². The summed E-state index contributed by atoms with van der Waals surface area (Å²) < 4.78 is 0. The van der Waals surface area contributed by atoms with Crippen LogP contribution >= 0.6 is 12.4 Å². The van der Waals surface area contributed by atoms with Crippen molar-refractivity contribution >= 4 is 18.4 Å². The number of halogens is 1. The lowest BCUT2D eigenvalue weighted by Crippen LogP contribution is -2.26. The maximum absolute atomic E-state index is 10.6. The first kappa shape index (κ1) is 12.2. The Morgan fingerprint density at radius 1 is 1.54 bits per heavy atom. The van der Waals surface area contributed by atoms with Crippen LogP contribution in [0.1, 0.15) is 20.3 Å². The molecule has 0 heterocycles. The molecule has 1 aliphatic carbocycles. The summed E-state index contributed by atoms with van der Waals surface area (Å²) in [6.45, 7) is 4.02. The number of aliphatic carboxylic acids is 1. The molecule has 0 bridgehead atoms. The minimum Gasteiger partial charge on any atom is -0.481 e. The molecule has 0 amide bonds. The highest BCUT2D eigenvalue weighted by Gasteiger charge is 2.30. The van der Waals surface area contributed by atoms with Crippen LogP contribution in [0.15, 0.2) is 24.3 Å². The van der Waals surface area contributed by atoms with Gasteiger partial charge >= 0.3 is 5.97 Å². The average Bonchev–Trinajstić information content (AvgIpc) is 1.94. The van der Waals surface area contributed by atoms with Gasteiger partial charge in [-0.25, -0.2) is 0 Å². The molecule has 0 spiro atoms. The van der Waals surface area contributed by atoms with Gasteiger partial charge in [0, 0.05) is 5.41 Å². The van der Waals surface area contributed by atoms with Crippen molar-refractivity contribution in [1.82, 2.24) is 0 Å². The Labute approximate surface area is 84.7 Å². The molecule has 1 N–H and O–H groups in total. The minimum absolute atomic E-state index is 0. The van der Waals surface area contributed by atoms with Gasteiger partial charge in [0.2, 0.25) is 0 Å². The Morgan fingerprint density at radius 3 is 2.62 bits per heavy atom. The van der Waals surface area contributed by atoms with E-state index in [1.54, 1.807) is 0 Å². The number of hydrogen-bond donors (Lipinski definition) is 1.